The van der Waals surface area contributed by atoms with E-state index < -0.39 is 17.3 Å². The number of hydrogen-bond donors (Lipinski definition) is 1. The highest BCUT2D eigenvalue weighted by molar-refractivity contribution is 5.38. The molecule has 0 heterocycles. The highest BCUT2D eigenvalue weighted by Gasteiger charge is 2.55. The molecular formula is C12H13F3O. The van der Waals surface area contributed by atoms with Gasteiger partial charge in [-0.3, -0.25) is 0 Å². The van der Waals surface area contributed by atoms with E-state index >= 15 is 0 Å². The molecule has 1 aromatic rings. The minimum Gasteiger partial charge on any atom is -0.385 e. The quantitative estimate of drug-likeness (QED) is 0.826. The minimum atomic E-state index is -4.40. The number of aliphatic hydroxyl groups is 1. The second kappa shape index (κ2) is 3.48. The number of hydrogen-bond acceptors (Lipinski definition) is 1. The van der Waals surface area contributed by atoms with Gasteiger partial charge in [-0.05, 0) is 24.0 Å². The molecule has 0 aromatic heterocycles. The fraction of sp³-hybridized carbons (Fsp3) is 0.500. The molecule has 0 spiro atoms. The Hall–Kier alpha value is -1.03. The van der Waals surface area contributed by atoms with Crippen LogP contribution in [0.4, 0.5) is 13.2 Å². The van der Waals surface area contributed by atoms with Crippen LogP contribution >= 0.6 is 0 Å². The van der Waals surface area contributed by atoms with E-state index in [1.807, 2.05) is 6.92 Å². The first kappa shape index (κ1) is 11.5. The molecule has 1 aromatic carbocycles. The molecule has 0 radical (unpaired) electrons. The summed E-state index contributed by atoms with van der Waals surface area (Å²) < 4.78 is 38.2. The Balaban J connectivity index is 2.43. The van der Waals surface area contributed by atoms with Gasteiger partial charge in [0.2, 0.25) is 0 Å². The summed E-state index contributed by atoms with van der Waals surface area (Å²) in [5.41, 5.74) is -1.95. The highest BCUT2D eigenvalue weighted by Crippen LogP contribution is 2.56. The van der Waals surface area contributed by atoms with Crippen molar-refractivity contribution < 1.29 is 18.3 Å². The van der Waals surface area contributed by atoms with Crippen molar-refractivity contribution in [1.29, 1.82) is 0 Å². The van der Waals surface area contributed by atoms with Crippen molar-refractivity contribution >= 4 is 0 Å². The summed E-state index contributed by atoms with van der Waals surface area (Å²) >= 11 is 0. The maximum absolute atomic E-state index is 12.7. The van der Waals surface area contributed by atoms with Crippen molar-refractivity contribution in [3.63, 3.8) is 0 Å². The third-order valence-corrected chi connectivity index (χ3v) is 3.26. The van der Waals surface area contributed by atoms with Gasteiger partial charge in [-0.2, -0.15) is 13.2 Å². The molecule has 2 unspecified atom stereocenters. The first-order chi connectivity index (χ1) is 7.39. The first-order valence-corrected chi connectivity index (χ1v) is 5.28. The van der Waals surface area contributed by atoms with E-state index in [4.69, 9.17) is 0 Å². The second-order valence-electron chi connectivity index (χ2n) is 4.28. The lowest BCUT2D eigenvalue weighted by atomic mass is 9.98. The zero-order valence-electron chi connectivity index (χ0n) is 8.88. The second-order valence-corrected chi connectivity index (χ2v) is 4.28. The van der Waals surface area contributed by atoms with E-state index in [9.17, 15) is 18.3 Å². The van der Waals surface area contributed by atoms with Gasteiger partial charge in [0, 0.05) is 0 Å². The van der Waals surface area contributed by atoms with Crippen LogP contribution < -0.4 is 0 Å². The van der Waals surface area contributed by atoms with Crippen LogP contribution in [0.15, 0.2) is 24.3 Å². The van der Waals surface area contributed by atoms with Crippen LogP contribution in [0.25, 0.3) is 0 Å². The summed E-state index contributed by atoms with van der Waals surface area (Å²) in [6.07, 6.45) is -3.27. The Labute approximate surface area is 91.9 Å². The SMILES string of the molecule is CCC1CC1(O)c1ccccc1C(F)(F)F. The number of halogens is 3. The zero-order valence-corrected chi connectivity index (χ0v) is 8.88. The molecule has 0 saturated heterocycles. The summed E-state index contributed by atoms with van der Waals surface area (Å²) in [4.78, 5) is 0. The zero-order chi connectivity index (χ0) is 12.0. The molecule has 4 heteroatoms. The summed E-state index contributed by atoms with van der Waals surface area (Å²) in [5.74, 6) is -0.0454. The Morgan fingerprint density at radius 1 is 1.38 bits per heavy atom. The maximum Gasteiger partial charge on any atom is 0.416 e. The van der Waals surface area contributed by atoms with Gasteiger partial charge in [0.25, 0.3) is 0 Å². The monoisotopic (exact) mass is 230 g/mol. The molecule has 1 N–H and O–H groups in total. The molecule has 2 atom stereocenters. The Morgan fingerprint density at radius 3 is 2.50 bits per heavy atom. The molecule has 1 aliphatic carbocycles. The van der Waals surface area contributed by atoms with Crippen LogP contribution in [0.1, 0.15) is 30.9 Å². The molecule has 0 aliphatic heterocycles. The van der Waals surface area contributed by atoms with E-state index in [-0.39, 0.29) is 11.5 Å². The lowest BCUT2D eigenvalue weighted by molar-refractivity contribution is -0.139. The van der Waals surface area contributed by atoms with Crippen LogP contribution in [0.3, 0.4) is 0 Å². The Bertz CT molecular complexity index is 399. The molecule has 16 heavy (non-hydrogen) atoms. The van der Waals surface area contributed by atoms with Gasteiger partial charge in [0.15, 0.2) is 0 Å². The van der Waals surface area contributed by atoms with Crippen LogP contribution in [0.5, 0.6) is 0 Å². The number of benzene rings is 1. The van der Waals surface area contributed by atoms with E-state index in [2.05, 4.69) is 0 Å². The van der Waals surface area contributed by atoms with Gasteiger partial charge in [-0.25, -0.2) is 0 Å². The van der Waals surface area contributed by atoms with E-state index in [0.717, 1.165) is 6.07 Å². The topological polar surface area (TPSA) is 20.2 Å². The predicted octanol–water partition coefficient (Wildman–Crippen LogP) is 3.32. The summed E-state index contributed by atoms with van der Waals surface area (Å²) in [6, 6.07) is 5.28. The van der Waals surface area contributed by atoms with Crippen molar-refractivity contribution in [1.82, 2.24) is 0 Å². The van der Waals surface area contributed by atoms with Crippen LogP contribution in [-0.2, 0) is 11.8 Å². The van der Waals surface area contributed by atoms with E-state index in [1.165, 1.54) is 18.2 Å². The minimum absolute atomic E-state index is 0.0225. The smallest absolute Gasteiger partial charge is 0.385 e. The normalized spacial score (nSPS) is 29.2. The number of alkyl halides is 3. The molecule has 1 fully saturated rings. The molecule has 2 rings (SSSR count). The van der Waals surface area contributed by atoms with Gasteiger partial charge in [0.05, 0.1) is 11.2 Å². The van der Waals surface area contributed by atoms with Crippen molar-refractivity contribution in [3.8, 4) is 0 Å². The third-order valence-electron chi connectivity index (χ3n) is 3.26. The molecule has 1 aliphatic rings. The fourth-order valence-electron chi connectivity index (χ4n) is 2.24. The highest BCUT2D eigenvalue weighted by atomic mass is 19.4. The molecule has 1 saturated carbocycles. The molecule has 1 nitrogen and oxygen atoms in total. The van der Waals surface area contributed by atoms with E-state index in [1.54, 1.807) is 0 Å². The standard InChI is InChI=1S/C12H13F3O/c1-2-8-7-11(8,16)9-5-3-4-6-10(9)12(13,14)15/h3-6,8,16H,2,7H2,1H3. The molecular weight excluding hydrogens is 217 g/mol. The van der Waals surface area contributed by atoms with Gasteiger partial charge in [0.1, 0.15) is 0 Å². The van der Waals surface area contributed by atoms with E-state index in [0.29, 0.717) is 12.8 Å². The van der Waals surface area contributed by atoms with Crippen molar-refractivity contribution in [3.05, 3.63) is 35.4 Å². The van der Waals surface area contributed by atoms with Gasteiger partial charge in [-0.1, -0.05) is 31.5 Å². The predicted molar refractivity (Wildman–Crippen MR) is 53.7 cm³/mol. The average Bonchev–Trinajstić information content (AvgIpc) is 2.90. The van der Waals surface area contributed by atoms with Crippen molar-refractivity contribution in [2.75, 3.05) is 0 Å². The summed E-state index contributed by atoms with van der Waals surface area (Å²) in [7, 11) is 0. The maximum atomic E-state index is 12.7. The van der Waals surface area contributed by atoms with Crippen molar-refractivity contribution in [2.45, 2.75) is 31.5 Å². The Kier molecular flexibility index (Phi) is 2.49. The van der Waals surface area contributed by atoms with Crippen molar-refractivity contribution in [2.24, 2.45) is 5.92 Å². The fourth-order valence-corrected chi connectivity index (χ4v) is 2.24. The van der Waals surface area contributed by atoms with Gasteiger partial charge in [-0.15, -0.1) is 0 Å². The van der Waals surface area contributed by atoms with Crippen LogP contribution in [0, 0.1) is 5.92 Å². The lowest BCUT2D eigenvalue weighted by Crippen LogP contribution is -2.17. The largest absolute Gasteiger partial charge is 0.416 e. The summed E-state index contributed by atoms with van der Waals surface area (Å²) in [6.45, 7) is 1.87. The first-order valence-electron chi connectivity index (χ1n) is 5.28. The molecule has 88 valence electrons. The number of rotatable bonds is 2. The molecule has 0 bridgehead atoms. The Morgan fingerprint density at radius 2 is 2.00 bits per heavy atom. The van der Waals surface area contributed by atoms with Gasteiger partial charge < -0.3 is 5.11 Å². The molecule has 0 amide bonds. The summed E-state index contributed by atoms with van der Waals surface area (Å²) in [5, 5.41) is 10.1. The van der Waals surface area contributed by atoms with Gasteiger partial charge >= 0.3 is 6.18 Å². The van der Waals surface area contributed by atoms with Crippen LogP contribution in [0.2, 0.25) is 0 Å². The lowest BCUT2D eigenvalue weighted by Gasteiger charge is -2.17. The average molecular weight is 230 g/mol. The third kappa shape index (κ3) is 1.71. The van der Waals surface area contributed by atoms with Crippen LogP contribution in [-0.4, -0.2) is 5.11 Å².